The summed E-state index contributed by atoms with van der Waals surface area (Å²) in [5.74, 6) is 0.324. The van der Waals surface area contributed by atoms with E-state index in [1.54, 1.807) is 6.07 Å². The Labute approximate surface area is 204 Å². The van der Waals surface area contributed by atoms with Gasteiger partial charge in [0.25, 0.3) is 0 Å². The van der Waals surface area contributed by atoms with Crippen LogP contribution in [0.15, 0.2) is 48.8 Å². The maximum atomic E-state index is 13.1. The molecule has 0 saturated carbocycles. The van der Waals surface area contributed by atoms with Gasteiger partial charge in [-0.3, -0.25) is 4.90 Å². The number of morpholine rings is 1. The zero-order valence-corrected chi connectivity index (χ0v) is 19.6. The van der Waals surface area contributed by atoms with Crippen LogP contribution in [0.3, 0.4) is 0 Å². The molecule has 0 radical (unpaired) electrons. The summed E-state index contributed by atoms with van der Waals surface area (Å²) in [5, 5.41) is 7.54. The van der Waals surface area contributed by atoms with E-state index in [1.807, 2.05) is 13.0 Å². The van der Waals surface area contributed by atoms with Crippen LogP contribution in [0.1, 0.15) is 25.4 Å². The largest absolute Gasteiger partial charge is 0.416 e. The van der Waals surface area contributed by atoms with Crippen molar-refractivity contribution < 1.29 is 19.3 Å². The topological polar surface area (TPSA) is 58.5 Å². The number of nitrogens with one attached hydrogen (secondary N) is 1. The summed E-state index contributed by atoms with van der Waals surface area (Å²) < 4.78 is 46.0. The van der Waals surface area contributed by atoms with Gasteiger partial charge in [-0.15, -0.1) is 5.10 Å². The molecule has 3 heterocycles. The lowest BCUT2D eigenvalue weighted by atomic mass is 10.0. The van der Waals surface area contributed by atoms with Crippen LogP contribution in [0.5, 0.6) is 0 Å². The fourth-order valence-corrected chi connectivity index (χ4v) is 4.85. The van der Waals surface area contributed by atoms with Gasteiger partial charge in [-0.2, -0.15) is 18.2 Å². The molecule has 0 amide bonds. The molecule has 7 nitrogen and oxygen atoms in total. The minimum absolute atomic E-state index is 0. The van der Waals surface area contributed by atoms with Crippen LogP contribution >= 0.6 is 0 Å². The van der Waals surface area contributed by atoms with E-state index in [4.69, 9.17) is 4.74 Å². The maximum absolute atomic E-state index is 13.1. The standard InChI is InChI=1S/C25H29F3N6O.H2/c1-18-13-20(16-23(14-18)32-7-5-21(6-8-32)33-9-11-35-12-10-33)30-24-29-17-34(31-24)22-4-2-3-19(15-22)25(26,27)28;/h2-4,13-17,21H,5-12H2,1H3,(H,30,31);1H. The molecule has 2 aliphatic rings. The molecule has 2 aromatic carbocycles. The van der Waals surface area contributed by atoms with E-state index in [0.717, 1.165) is 81.3 Å². The van der Waals surface area contributed by atoms with Crippen molar-refractivity contribution in [1.82, 2.24) is 19.7 Å². The highest BCUT2D eigenvalue weighted by atomic mass is 19.4. The lowest BCUT2D eigenvalue weighted by molar-refractivity contribution is -0.137. The predicted octanol–water partition coefficient (Wildman–Crippen LogP) is 4.89. The smallest absolute Gasteiger partial charge is 0.379 e. The molecule has 5 rings (SSSR count). The third-order valence-corrected chi connectivity index (χ3v) is 6.64. The van der Waals surface area contributed by atoms with Gasteiger partial charge in [0.1, 0.15) is 6.33 Å². The summed E-state index contributed by atoms with van der Waals surface area (Å²) in [6.45, 7) is 7.71. The fraction of sp³-hybridized carbons (Fsp3) is 0.440. The van der Waals surface area contributed by atoms with Crippen LogP contribution in [0.4, 0.5) is 30.5 Å². The summed E-state index contributed by atoms with van der Waals surface area (Å²) in [7, 11) is 0. The molecule has 35 heavy (non-hydrogen) atoms. The minimum Gasteiger partial charge on any atom is -0.379 e. The Morgan fingerprint density at radius 2 is 1.77 bits per heavy atom. The molecule has 1 N–H and O–H groups in total. The number of rotatable bonds is 5. The first-order valence-electron chi connectivity index (χ1n) is 11.9. The Bertz CT molecular complexity index is 1160. The van der Waals surface area contributed by atoms with Gasteiger partial charge in [0.05, 0.1) is 24.5 Å². The van der Waals surface area contributed by atoms with Crippen molar-refractivity contribution in [2.75, 3.05) is 49.6 Å². The molecule has 1 aromatic heterocycles. The molecular weight excluding hydrogens is 457 g/mol. The SMILES string of the molecule is Cc1cc(Nc2ncn(-c3cccc(C(F)(F)F)c3)n2)cc(N2CCC(N3CCOCC3)CC2)c1.[HH]. The van der Waals surface area contributed by atoms with Crippen molar-refractivity contribution in [3.8, 4) is 5.69 Å². The first-order valence-corrected chi connectivity index (χ1v) is 11.9. The highest BCUT2D eigenvalue weighted by molar-refractivity contribution is 5.64. The van der Waals surface area contributed by atoms with E-state index in [-0.39, 0.29) is 1.43 Å². The monoisotopic (exact) mass is 488 g/mol. The first-order chi connectivity index (χ1) is 16.8. The second kappa shape index (κ2) is 9.87. The summed E-state index contributed by atoms with van der Waals surface area (Å²) in [6.07, 6.45) is -0.753. The third kappa shape index (κ3) is 5.59. The van der Waals surface area contributed by atoms with Crippen LogP contribution in [0.2, 0.25) is 0 Å². The number of nitrogens with zero attached hydrogens (tertiary/aromatic N) is 5. The van der Waals surface area contributed by atoms with Gasteiger partial charge in [-0.05, 0) is 61.7 Å². The molecule has 10 heteroatoms. The van der Waals surface area contributed by atoms with Crippen LogP contribution < -0.4 is 10.2 Å². The zero-order chi connectivity index (χ0) is 24.4. The fourth-order valence-electron chi connectivity index (χ4n) is 4.85. The number of halogens is 3. The highest BCUT2D eigenvalue weighted by Crippen LogP contribution is 2.31. The Morgan fingerprint density at radius 3 is 2.51 bits per heavy atom. The lowest BCUT2D eigenvalue weighted by Crippen LogP contribution is -2.49. The number of alkyl halides is 3. The number of anilines is 3. The summed E-state index contributed by atoms with van der Waals surface area (Å²) in [5.41, 5.74) is 2.68. The Morgan fingerprint density at radius 1 is 1.00 bits per heavy atom. The van der Waals surface area contributed by atoms with E-state index in [2.05, 4.69) is 37.3 Å². The number of aryl methyl sites for hydroxylation is 1. The van der Waals surface area contributed by atoms with Crippen molar-refractivity contribution in [3.63, 3.8) is 0 Å². The number of benzene rings is 2. The minimum atomic E-state index is -4.41. The Kier molecular flexibility index (Phi) is 6.66. The molecule has 0 unspecified atom stereocenters. The summed E-state index contributed by atoms with van der Waals surface area (Å²) >= 11 is 0. The predicted molar refractivity (Wildman–Crippen MR) is 131 cm³/mol. The Balaban J connectivity index is 0.00000304. The highest BCUT2D eigenvalue weighted by Gasteiger charge is 2.30. The molecule has 0 atom stereocenters. The Hall–Kier alpha value is -3.11. The van der Waals surface area contributed by atoms with Crippen molar-refractivity contribution in [2.24, 2.45) is 0 Å². The lowest BCUT2D eigenvalue weighted by Gasteiger charge is -2.41. The molecule has 2 aliphatic heterocycles. The van der Waals surface area contributed by atoms with Gasteiger partial charge in [-0.25, -0.2) is 4.68 Å². The van der Waals surface area contributed by atoms with Gasteiger partial charge in [0.15, 0.2) is 0 Å². The van der Waals surface area contributed by atoms with E-state index in [9.17, 15) is 13.2 Å². The van der Waals surface area contributed by atoms with Gasteiger partial charge in [0, 0.05) is 45.0 Å². The van der Waals surface area contributed by atoms with Crippen LogP contribution in [0.25, 0.3) is 5.69 Å². The average molecular weight is 489 g/mol. The zero-order valence-electron chi connectivity index (χ0n) is 19.6. The molecule has 0 aliphatic carbocycles. The first kappa shape index (κ1) is 23.6. The number of aromatic nitrogens is 3. The van der Waals surface area contributed by atoms with Crippen LogP contribution in [0, 0.1) is 6.92 Å². The second-order valence-electron chi connectivity index (χ2n) is 9.11. The van der Waals surface area contributed by atoms with Crippen molar-refractivity contribution in [3.05, 3.63) is 59.9 Å². The van der Waals surface area contributed by atoms with Gasteiger partial charge in [-0.1, -0.05) is 6.07 Å². The van der Waals surface area contributed by atoms with Gasteiger partial charge < -0.3 is 15.0 Å². The molecule has 0 spiro atoms. The number of hydrogen-bond acceptors (Lipinski definition) is 6. The van der Waals surface area contributed by atoms with E-state index < -0.39 is 11.7 Å². The van der Waals surface area contributed by atoms with Crippen LogP contribution in [-0.2, 0) is 10.9 Å². The number of piperidine rings is 1. The average Bonchev–Trinajstić information content (AvgIpc) is 3.32. The molecule has 2 saturated heterocycles. The third-order valence-electron chi connectivity index (χ3n) is 6.64. The summed E-state index contributed by atoms with van der Waals surface area (Å²) in [4.78, 5) is 9.20. The molecule has 188 valence electrons. The molecule has 3 aromatic rings. The van der Waals surface area contributed by atoms with Gasteiger partial charge >= 0.3 is 6.18 Å². The molecule has 2 fully saturated rings. The maximum Gasteiger partial charge on any atom is 0.416 e. The quantitative estimate of drug-likeness (QED) is 0.552. The van der Waals surface area contributed by atoms with Crippen molar-refractivity contribution in [2.45, 2.75) is 32.0 Å². The van der Waals surface area contributed by atoms with E-state index >= 15 is 0 Å². The molecular formula is C25H31F3N6O. The molecule has 0 bridgehead atoms. The number of ether oxygens (including phenoxy) is 1. The second-order valence-corrected chi connectivity index (χ2v) is 9.11. The van der Waals surface area contributed by atoms with Crippen molar-refractivity contribution >= 4 is 17.3 Å². The summed E-state index contributed by atoms with van der Waals surface area (Å²) in [6, 6.07) is 11.9. The number of hydrogen-bond donors (Lipinski definition) is 1. The van der Waals surface area contributed by atoms with Crippen molar-refractivity contribution in [1.29, 1.82) is 0 Å². The van der Waals surface area contributed by atoms with E-state index in [0.29, 0.717) is 17.7 Å². The van der Waals surface area contributed by atoms with E-state index in [1.165, 1.54) is 17.1 Å². The normalized spacial score (nSPS) is 18.1. The van der Waals surface area contributed by atoms with Crippen LogP contribution in [-0.4, -0.2) is 65.1 Å². The van der Waals surface area contributed by atoms with Gasteiger partial charge in [0.2, 0.25) is 5.95 Å².